The Balaban J connectivity index is 3.11. The Labute approximate surface area is 120 Å². The van der Waals surface area contributed by atoms with Gasteiger partial charge in [-0.25, -0.2) is 0 Å². The lowest BCUT2D eigenvalue weighted by Crippen LogP contribution is -2.21. The maximum absolute atomic E-state index is 12.7. The molecule has 0 aliphatic rings. The van der Waals surface area contributed by atoms with Crippen LogP contribution in [0.3, 0.4) is 0 Å². The summed E-state index contributed by atoms with van der Waals surface area (Å²) in [5, 5.41) is 6.54. The van der Waals surface area contributed by atoms with Crippen LogP contribution in [0.5, 0.6) is 5.75 Å². The van der Waals surface area contributed by atoms with Crippen molar-refractivity contribution in [3.63, 3.8) is 0 Å². The van der Waals surface area contributed by atoms with E-state index in [9.17, 15) is 26.3 Å². The molecule has 1 rings (SSSR count). The van der Waals surface area contributed by atoms with Crippen molar-refractivity contribution in [1.29, 1.82) is 0 Å². The fourth-order valence-electron chi connectivity index (χ4n) is 1.29. The molecule has 0 spiro atoms. The van der Waals surface area contributed by atoms with Gasteiger partial charge in [-0.3, -0.25) is 0 Å². The van der Waals surface area contributed by atoms with Crippen LogP contribution in [0.15, 0.2) is 28.4 Å². The Hall–Kier alpha value is -2.46. The van der Waals surface area contributed by atoms with E-state index in [2.05, 4.69) is 14.9 Å². The third-order valence-electron chi connectivity index (χ3n) is 2.08. The fourth-order valence-corrected chi connectivity index (χ4v) is 1.29. The van der Waals surface area contributed by atoms with E-state index in [4.69, 9.17) is 11.5 Å². The summed E-state index contributed by atoms with van der Waals surface area (Å²) in [5.74, 6) is -1.37. The zero-order valence-electron chi connectivity index (χ0n) is 10.7. The highest BCUT2D eigenvalue weighted by atomic mass is 19.4. The second kappa shape index (κ2) is 6.54. The lowest BCUT2D eigenvalue weighted by molar-refractivity contribution is -0.158. The monoisotopic (exact) mass is 328 g/mol. The van der Waals surface area contributed by atoms with Crippen molar-refractivity contribution in [2.75, 3.05) is 6.61 Å². The number of halogens is 6. The smallest absolute Gasteiger partial charge is 0.422 e. The average Bonchev–Trinajstić information content (AvgIpc) is 2.34. The number of benzene rings is 1. The number of rotatable bonds is 4. The van der Waals surface area contributed by atoms with Crippen LogP contribution in [0.4, 0.5) is 26.3 Å². The summed E-state index contributed by atoms with van der Waals surface area (Å²) in [5.41, 5.74) is 8.64. The molecule has 4 N–H and O–H groups in total. The second-order valence-electron chi connectivity index (χ2n) is 3.93. The number of nitrogens with two attached hydrogens (primary N) is 2. The van der Waals surface area contributed by atoms with Crippen molar-refractivity contribution in [3.8, 4) is 5.75 Å². The maximum Gasteiger partial charge on any atom is 0.422 e. The number of hydrogen-bond donors (Lipinski definition) is 2. The van der Waals surface area contributed by atoms with E-state index in [1.165, 1.54) is 0 Å². The van der Waals surface area contributed by atoms with Gasteiger partial charge in [0.15, 0.2) is 6.61 Å². The molecule has 0 aliphatic carbocycles. The van der Waals surface area contributed by atoms with Crippen LogP contribution in [-0.2, 0) is 6.18 Å². The van der Waals surface area contributed by atoms with Crippen LogP contribution in [0, 0.1) is 0 Å². The lowest BCUT2D eigenvalue weighted by atomic mass is 10.1. The van der Waals surface area contributed by atoms with Crippen molar-refractivity contribution >= 4 is 12.2 Å². The van der Waals surface area contributed by atoms with Crippen LogP contribution in [0.1, 0.15) is 11.1 Å². The minimum absolute atomic E-state index is 0.0233. The van der Waals surface area contributed by atoms with Gasteiger partial charge in [0.25, 0.3) is 0 Å². The first kappa shape index (κ1) is 17.6. The van der Waals surface area contributed by atoms with Crippen LogP contribution < -0.4 is 16.2 Å². The largest absolute Gasteiger partial charge is 0.483 e. The zero-order valence-corrected chi connectivity index (χ0v) is 10.7. The molecule has 122 valence electrons. The first-order valence-corrected chi connectivity index (χ1v) is 5.52. The Kier molecular flexibility index (Phi) is 5.23. The minimum Gasteiger partial charge on any atom is -0.483 e. The zero-order chi connectivity index (χ0) is 17.0. The summed E-state index contributed by atoms with van der Waals surface area (Å²) in [6, 6.07) is 2.30. The summed E-state index contributed by atoms with van der Waals surface area (Å²) in [6.45, 7) is -1.86. The van der Waals surface area contributed by atoms with Crippen LogP contribution in [0.25, 0.3) is 0 Å². The molecule has 0 unspecified atom stereocenters. The Morgan fingerprint density at radius 3 is 2.27 bits per heavy atom. The van der Waals surface area contributed by atoms with Gasteiger partial charge in [-0.05, 0) is 17.7 Å². The molecule has 1 aromatic carbocycles. The summed E-state index contributed by atoms with van der Waals surface area (Å²) >= 11 is 0. The first-order chi connectivity index (χ1) is 9.99. The quantitative estimate of drug-likeness (QED) is 0.385. The van der Waals surface area contributed by atoms with E-state index in [1.807, 2.05) is 0 Å². The SMILES string of the molecule is NC(N)=NN=Cc1ccc(C(F)(F)F)c(OCC(F)(F)F)c1. The van der Waals surface area contributed by atoms with Gasteiger partial charge in [-0.2, -0.15) is 31.4 Å². The van der Waals surface area contributed by atoms with Crippen LogP contribution in [0.2, 0.25) is 0 Å². The summed E-state index contributed by atoms with van der Waals surface area (Å²) < 4.78 is 78.6. The van der Waals surface area contributed by atoms with Crippen molar-refractivity contribution in [2.24, 2.45) is 21.7 Å². The van der Waals surface area contributed by atoms with Gasteiger partial charge in [0.1, 0.15) is 5.75 Å². The molecule has 0 aliphatic heterocycles. The number of alkyl halides is 6. The molecule has 1 aromatic rings. The van der Waals surface area contributed by atoms with E-state index < -0.39 is 36.2 Å². The minimum atomic E-state index is -4.86. The third-order valence-corrected chi connectivity index (χ3v) is 2.08. The predicted octanol–water partition coefficient (Wildman–Crippen LogP) is 2.25. The van der Waals surface area contributed by atoms with E-state index >= 15 is 0 Å². The van der Waals surface area contributed by atoms with Crippen LogP contribution in [-0.4, -0.2) is 25.0 Å². The third kappa shape index (κ3) is 5.89. The van der Waals surface area contributed by atoms with Crippen LogP contribution >= 0.6 is 0 Å². The predicted molar refractivity (Wildman–Crippen MR) is 66.4 cm³/mol. The van der Waals surface area contributed by atoms with Gasteiger partial charge < -0.3 is 16.2 Å². The molecule has 11 heteroatoms. The van der Waals surface area contributed by atoms with E-state index in [0.717, 1.165) is 18.3 Å². The standard InChI is InChI=1S/C11H10F6N4O/c12-10(13,14)5-22-8-3-6(4-20-21-9(18)19)1-2-7(8)11(15,16)17/h1-4H,5H2,(H4,18,19,21). The van der Waals surface area contributed by atoms with E-state index in [1.54, 1.807) is 0 Å². The average molecular weight is 328 g/mol. The molecule has 0 saturated heterocycles. The van der Waals surface area contributed by atoms with Gasteiger partial charge >= 0.3 is 12.4 Å². The molecule has 22 heavy (non-hydrogen) atoms. The molecular weight excluding hydrogens is 318 g/mol. The molecule has 0 saturated carbocycles. The highest BCUT2D eigenvalue weighted by Gasteiger charge is 2.36. The van der Waals surface area contributed by atoms with Gasteiger partial charge in [0.05, 0.1) is 11.8 Å². The molecule has 0 aromatic heterocycles. The van der Waals surface area contributed by atoms with E-state index in [-0.39, 0.29) is 5.56 Å². The van der Waals surface area contributed by atoms with Gasteiger partial charge in [0.2, 0.25) is 5.96 Å². The van der Waals surface area contributed by atoms with Crippen molar-refractivity contribution in [1.82, 2.24) is 0 Å². The highest BCUT2D eigenvalue weighted by Crippen LogP contribution is 2.37. The number of ether oxygens (including phenoxy) is 1. The summed E-state index contributed by atoms with van der Waals surface area (Å²) in [7, 11) is 0. The topological polar surface area (TPSA) is 86.0 Å². The molecule has 0 atom stereocenters. The van der Waals surface area contributed by atoms with Gasteiger partial charge in [-0.1, -0.05) is 6.07 Å². The number of nitrogens with zero attached hydrogens (tertiary/aromatic N) is 2. The van der Waals surface area contributed by atoms with Gasteiger partial charge in [-0.15, -0.1) is 5.10 Å². The molecule has 0 amide bonds. The number of hydrogen-bond acceptors (Lipinski definition) is 3. The Morgan fingerprint density at radius 2 is 1.77 bits per heavy atom. The molecule has 0 fully saturated rings. The van der Waals surface area contributed by atoms with Crippen molar-refractivity contribution < 1.29 is 31.1 Å². The van der Waals surface area contributed by atoms with Crippen molar-refractivity contribution in [2.45, 2.75) is 12.4 Å². The number of guanidine groups is 1. The molecular formula is C11H10F6N4O. The highest BCUT2D eigenvalue weighted by molar-refractivity contribution is 5.82. The Bertz CT molecular complexity index is 575. The molecule has 0 radical (unpaired) electrons. The van der Waals surface area contributed by atoms with Crippen molar-refractivity contribution in [3.05, 3.63) is 29.3 Å². The van der Waals surface area contributed by atoms with Gasteiger partial charge in [0, 0.05) is 0 Å². The lowest BCUT2D eigenvalue weighted by Gasteiger charge is -2.15. The normalized spacial score (nSPS) is 12.5. The fraction of sp³-hybridized carbons (Fsp3) is 0.273. The van der Waals surface area contributed by atoms with E-state index in [0.29, 0.717) is 6.07 Å². The summed E-state index contributed by atoms with van der Waals surface area (Å²) in [4.78, 5) is 0. The maximum atomic E-state index is 12.7. The Morgan fingerprint density at radius 1 is 1.14 bits per heavy atom. The first-order valence-electron chi connectivity index (χ1n) is 5.52. The molecule has 0 heterocycles. The molecule has 0 bridgehead atoms. The second-order valence-corrected chi connectivity index (χ2v) is 3.93. The summed E-state index contributed by atoms with van der Waals surface area (Å²) in [6.07, 6.45) is -8.68. The molecule has 5 nitrogen and oxygen atoms in total.